The molecular formula is C13H17NO4. The smallest absolute Gasteiger partial charge is 0.410 e. The molecule has 1 atom stereocenters. The average Bonchev–Trinajstić information content (AvgIpc) is 2.46. The lowest BCUT2D eigenvalue weighted by molar-refractivity contribution is -0.0503. The first-order valence-corrected chi connectivity index (χ1v) is 5.97. The summed E-state index contributed by atoms with van der Waals surface area (Å²) in [6, 6.07) is 9.53. The molecular weight excluding hydrogens is 234 g/mol. The minimum absolute atomic E-state index is 0.0809. The Morgan fingerprint density at radius 2 is 2.22 bits per heavy atom. The largest absolute Gasteiger partial charge is 0.445 e. The molecule has 0 bridgehead atoms. The van der Waals surface area contributed by atoms with Gasteiger partial charge in [-0.1, -0.05) is 30.3 Å². The van der Waals surface area contributed by atoms with Crippen LogP contribution in [-0.2, 0) is 16.1 Å². The van der Waals surface area contributed by atoms with Gasteiger partial charge in [0.2, 0.25) is 0 Å². The molecule has 1 aromatic rings. The molecule has 0 aliphatic carbocycles. The molecule has 1 aliphatic rings. The van der Waals surface area contributed by atoms with E-state index in [0.717, 1.165) is 5.56 Å². The average molecular weight is 251 g/mol. The van der Waals surface area contributed by atoms with Crippen molar-refractivity contribution in [2.45, 2.75) is 12.7 Å². The molecule has 0 radical (unpaired) electrons. The van der Waals surface area contributed by atoms with Crippen molar-refractivity contribution in [1.82, 2.24) is 4.90 Å². The first kappa shape index (κ1) is 12.9. The van der Waals surface area contributed by atoms with Crippen LogP contribution >= 0.6 is 0 Å². The molecule has 1 aliphatic heterocycles. The van der Waals surface area contributed by atoms with Crippen molar-refractivity contribution >= 4 is 6.09 Å². The van der Waals surface area contributed by atoms with E-state index in [4.69, 9.17) is 14.6 Å². The maximum atomic E-state index is 11.8. The molecule has 5 heteroatoms. The Hall–Kier alpha value is -1.59. The van der Waals surface area contributed by atoms with Gasteiger partial charge in [-0.2, -0.15) is 0 Å². The van der Waals surface area contributed by atoms with Gasteiger partial charge in [0.15, 0.2) is 0 Å². The molecule has 0 aromatic heterocycles. The second-order valence-corrected chi connectivity index (χ2v) is 4.16. The standard InChI is InChI=1S/C13H17NO4/c15-9-12-8-14(6-7-17-12)13(16)18-10-11-4-2-1-3-5-11/h1-5,12,15H,6-10H2. The number of ether oxygens (including phenoxy) is 2. The molecule has 1 fully saturated rings. The van der Waals surface area contributed by atoms with E-state index in [0.29, 0.717) is 19.7 Å². The monoisotopic (exact) mass is 251 g/mol. The third kappa shape index (κ3) is 3.45. The fourth-order valence-electron chi connectivity index (χ4n) is 1.81. The third-order valence-corrected chi connectivity index (χ3v) is 2.81. The van der Waals surface area contributed by atoms with Gasteiger partial charge in [-0.15, -0.1) is 0 Å². The lowest BCUT2D eigenvalue weighted by atomic mass is 10.2. The van der Waals surface area contributed by atoms with Crippen LogP contribution in [0.4, 0.5) is 4.79 Å². The van der Waals surface area contributed by atoms with Crippen molar-refractivity contribution in [2.24, 2.45) is 0 Å². The Bertz CT molecular complexity index is 382. The molecule has 2 rings (SSSR count). The van der Waals surface area contributed by atoms with Gasteiger partial charge in [-0.25, -0.2) is 4.79 Å². The molecule has 18 heavy (non-hydrogen) atoms. The van der Waals surface area contributed by atoms with E-state index >= 15 is 0 Å². The number of aliphatic hydroxyl groups excluding tert-OH is 1. The predicted molar refractivity (Wildman–Crippen MR) is 65.0 cm³/mol. The number of morpholine rings is 1. The number of rotatable bonds is 3. The van der Waals surface area contributed by atoms with Crippen LogP contribution in [0.1, 0.15) is 5.56 Å². The minimum Gasteiger partial charge on any atom is -0.445 e. The third-order valence-electron chi connectivity index (χ3n) is 2.81. The molecule has 98 valence electrons. The SMILES string of the molecule is O=C(OCc1ccccc1)N1CCOC(CO)C1. The van der Waals surface area contributed by atoms with E-state index in [-0.39, 0.29) is 25.4 Å². The highest BCUT2D eigenvalue weighted by molar-refractivity contribution is 5.67. The maximum absolute atomic E-state index is 11.8. The highest BCUT2D eigenvalue weighted by atomic mass is 16.6. The number of carbonyl (C=O) groups excluding carboxylic acids is 1. The predicted octanol–water partition coefficient (Wildman–Crippen LogP) is 1.02. The molecule has 1 N–H and O–H groups in total. The Balaban J connectivity index is 1.81. The molecule has 1 saturated heterocycles. The lowest BCUT2D eigenvalue weighted by Crippen LogP contribution is -2.47. The Kier molecular flexibility index (Phi) is 4.55. The second-order valence-electron chi connectivity index (χ2n) is 4.16. The quantitative estimate of drug-likeness (QED) is 0.871. The van der Waals surface area contributed by atoms with E-state index in [9.17, 15) is 4.79 Å². The van der Waals surface area contributed by atoms with E-state index in [2.05, 4.69) is 0 Å². The van der Waals surface area contributed by atoms with Gasteiger partial charge in [0.25, 0.3) is 0 Å². The van der Waals surface area contributed by atoms with Crippen LogP contribution in [0.15, 0.2) is 30.3 Å². The first-order valence-electron chi connectivity index (χ1n) is 5.97. The van der Waals surface area contributed by atoms with Crippen LogP contribution in [0.25, 0.3) is 0 Å². The number of hydrogen-bond donors (Lipinski definition) is 1. The van der Waals surface area contributed by atoms with Gasteiger partial charge < -0.3 is 19.5 Å². The van der Waals surface area contributed by atoms with Crippen LogP contribution in [0.2, 0.25) is 0 Å². The summed E-state index contributed by atoms with van der Waals surface area (Å²) >= 11 is 0. The summed E-state index contributed by atoms with van der Waals surface area (Å²) in [6.07, 6.45) is -0.663. The van der Waals surface area contributed by atoms with Crippen LogP contribution in [0, 0.1) is 0 Å². The van der Waals surface area contributed by atoms with Crippen molar-refractivity contribution in [3.63, 3.8) is 0 Å². The number of carbonyl (C=O) groups is 1. The first-order chi connectivity index (χ1) is 8.79. The fourth-order valence-corrected chi connectivity index (χ4v) is 1.81. The van der Waals surface area contributed by atoms with E-state index in [1.165, 1.54) is 0 Å². The van der Waals surface area contributed by atoms with Crippen molar-refractivity contribution in [2.75, 3.05) is 26.3 Å². The number of amides is 1. The molecule has 1 heterocycles. The van der Waals surface area contributed by atoms with Gasteiger partial charge in [0.1, 0.15) is 6.61 Å². The second kappa shape index (κ2) is 6.37. The zero-order valence-corrected chi connectivity index (χ0v) is 10.1. The number of benzene rings is 1. The van der Waals surface area contributed by atoms with Gasteiger partial charge in [0.05, 0.1) is 25.9 Å². The Labute approximate surface area is 106 Å². The Morgan fingerprint density at radius 1 is 1.44 bits per heavy atom. The van der Waals surface area contributed by atoms with Crippen molar-refractivity contribution < 1.29 is 19.4 Å². The highest BCUT2D eigenvalue weighted by Crippen LogP contribution is 2.08. The summed E-state index contributed by atoms with van der Waals surface area (Å²) in [5, 5.41) is 8.99. The number of nitrogens with zero attached hydrogens (tertiary/aromatic N) is 1. The topological polar surface area (TPSA) is 59.0 Å². The van der Waals surface area contributed by atoms with E-state index < -0.39 is 0 Å². The van der Waals surface area contributed by atoms with Gasteiger partial charge >= 0.3 is 6.09 Å². The van der Waals surface area contributed by atoms with Crippen molar-refractivity contribution in [3.8, 4) is 0 Å². The summed E-state index contributed by atoms with van der Waals surface area (Å²) in [5.74, 6) is 0. The van der Waals surface area contributed by atoms with Gasteiger partial charge in [0, 0.05) is 6.54 Å². The molecule has 1 amide bonds. The van der Waals surface area contributed by atoms with E-state index in [1.54, 1.807) is 4.90 Å². The number of aliphatic hydroxyl groups is 1. The Morgan fingerprint density at radius 3 is 2.94 bits per heavy atom. The van der Waals surface area contributed by atoms with Crippen LogP contribution < -0.4 is 0 Å². The molecule has 0 saturated carbocycles. The van der Waals surface area contributed by atoms with Gasteiger partial charge in [-0.05, 0) is 5.56 Å². The maximum Gasteiger partial charge on any atom is 0.410 e. The number of hydrogen-bond acceptors (Lipinski definition) is 4. The van der Waals surface area contributed by atoms with E-state index in [1.807, 2.05) is 30.3 Å². The normalized spacial score (nSPS) is 19.6. The van der Waals surface area contributed by atoms with Crippen LogP contribution in [0.5, 0.6) is 0 Å². The van der Waals surface area contributed by atoms with Crippen LogP contribution in [-0.4, -0.2) is 48.5 Å². The zero-order chi connectivity index (χ0) is 12.8. The molecule has 5 nitrogen and oxygen atoms in total. The summed E-state index contributed by atoms with van der Waals surface area (Å²) in [7, 11) is 0. The zero-order valence-electron chi connectivity index (χ0n) is 10.1. The lowest BCUT2D eigenvalue weighted by Gasteiger charge is -2.31. The van der Waals surface area contributed by atoms with Crippen molar-refractivity contribution in [3.05, 3.63) is 35.9 Å². The van der Waals surface area contributed by atoms with Crippen molar-refractivity contribution in [1.29, 1.82) is 0 Å². The summed E-state index contributed by atoms with van der Waals surface area (Å²) < 4.78 is 10.5. The summed E-state index contributed by atoms with van der Waals surface area (Å²) in [4.78, 5) is 13.4. The summed E-state index contributed by atoms with van der Waals surface area (Å²) in [5.41, 5.74) is 0.956. The summed E-state index contributed by atoms with van der Waals surface area (Å²) in [6.45, 7) is 1.50. The fraction of sp³-hybridized carbons (Fsp3) is 0.462. The molecule has 1 aromatic carbocycles. The highest BCUT2D eigenvalue weighted by Gasteiger charge is 2.24. The van der Waals surface area contributed by atoms with Gasteiger partial charge in [-0.3, -0.25) is 0 Å². The minimum atomic E-state index is -0.361. The molecule has 1 unspecified atom stereocenters. The van der Waals surface area contributed by atoms with Crippen LogP contribution in [0.3, 0.4) is 0 Å². The molecule has 0 spiro atoms.